The molecule has 0 saturated carbocycles. The van der Waals surface area contributed by atoms with Crippen molar-refractivity contribution in [3.63, 3.8) is 0 Å². The molecule has 174 valence electrons. The Kier molecular flexibility index (Phi) is 8.15. The van der Waals surface area contributed by atoms with Crippen molar-refractivity contribution >= 4 is 11.5 Å². The highest BCUT2D eigenvalue weighted by molar-refractivity contribution is 5.59. The number of nitrogen functional groups attached to an aromatic ring is 1. The molecule has 0 aliphatic carbocycles. The number of halogens is 2. The molecule has 2 aromatic heterocycles. The van der Waals surface area contributed by atoms with Crippen LogP contribution in [0.1, 0.15) is 57.2 Å². The fourth-order valence-corrected chi connectivity index (χ4v) is 3.36. The number of aromatic nitrogens is 4. The van der Waals surface area contributed by atoms with E-state index in [2.05, 4.69) is 15.1 Å². The lowest BCUT2D eigenvalue weighted by Crippen LogP contribution is -2.20. The number of imidazole rings is 1. The zero-order valence-electron chi connectivity index (χ0n) is 18.4. The number of nitrogens with zero attached hydrogens (tertiary/aromatic N) is 4. The third-order valence-electron chi connectivity index (χ3n) is 4.96. The number of rotatable bonds is 12. The van der Waals surface area contributed by atoms with Gasteiger partial charge in [0, 0.05) is 19.4 Å². The van der Waals surface area contributed by atoms with E-state index in [1.165, 1.54) is 22.8 Å². The number of aliphatic hydroxyl groups excluding tert-OH is 1. The monoisotopic (exact) mass is 449 g/mol. The largest absolute Gasteiger partial charge is 0.488 e. The van der Waals surface area contributed by atoms with Crippen molar-refractivity contribution in [1.82, 2.24) is 19.6 Å². The van der Waals surface area contributed by atoms with E-state index in [4.69, 9.17) is 15.2 Å². The highest BCUT2D eigenvalue weighted by Gasteiger charge is 2.18. The molecule has 8 nitrogen and oxygen atoms in total. The van der Waals surface area contributed by atoms with E-state index in [-0.39, 0.29) is 43.3 Å². The molecule has 1 aromatic carbocycles. The maximum atomic E-state index is 14.4. The normalized spacial score (nSPS) is 12.3. The summed E-state index contributed by atoms with van der Waals surface area (Å²) in [4.78, 5) is 8.37. The van der Waals surface area contributed by atoms with Crippen LogP contribution in [-0.2, 0) is 6.42 Å². The van der Waals surface area contributed by atoms with Gasteiger partial charge in [0.2, 0.25) is 0 Å². The fraction of sp³-hybridized carbons (Fsp3) is 0.500. The summed E-state index contributed by atoms with van der Waals surface area (Å²) in [6.07, 6.45) is 5.06. The topological polar surface area (TPSA) is 108 Å². The fourth-order valence-electron chi connectivity index (χ4n) is 3.36. The zero-order chi connectivity index (χ0) is 23.1. The van der Waals surface area contributed by atoms with Gasteiger partial charge < -0.3 is 20.3 Å². The van der Waals surface area contributed by atoms with Crippen LogP contribution in [0.25, 0.3) is 5.65 Å². The van der Waals surface area contributed by atoms with Crippen molar-refractivity contribution in [3.8, 4) is 11.8 Å². The lowest BCUT2D eigenvalue weighted by molar-refractivity contribution is 0.133. The van der Waals surface area contributed by atoms with E-state index >= 15 is 0 Å². The van der Waals surface area contributed by atoms with Crippen molar-refractivity contribution in [2.45, 2.75) is 58.5 Å². The van der Waals surface area contributed by atoms with Gasteiger partial charge in [0.1, 0.15) is 6.10 Å². The molecular formula is C22H29F2N5O3. The summed E-state index contributed by atoms with van der Waals surface area (Å²) in [5, 5.41) is 13.6. The Balaban J connectivity index is 1.85. The molecule has 0 spiro atoms. The summed E-state index contributed by atoms with van der Waals surface area (Å²) in [7, 11) is 0. The average molecular weight is 450 g/mol. The summed E-state index contributed by atoms with van der Waals surface area (Å²) in [6.45, 7) is 4.22. The number of ether oxygens (including phenoxy) is 2. The van der Waals surface area contributed by atoms with Crippen LogP contribution in [-0.4, -0.2) is 44.0 Å². The van der Waals surface area contributed by atoms with Gasteiger partial charge >= 0.3 is 6.01 Å². The molecular weight excluding hydrogens is 420 g/mol. The molecule has 0 bridgehead atoms. The third-order valence-corrected chi connectivity index (χ3v) is 4.96. The quantitative estimate of drug-likeness (QED) is 0.406. The van der Waals surface area contributed by atoms with Gasteiger partial charge in [-0.15, -0.1) is 5.10 Å². The van der Waals surface area contributed by atoms with Crippen molar-refractivity contribution < 1.29 is 23.4 Å². The van der Waals surface area contributed by atoms with Crippen molar-refractivity contribution in [2.75, 3.05) is 18.9 Å². The van der Waals surface area contributed by atoms with Crippen LogP contribution in [0, 0.1) is 11.6 Å². The molecule has 0 aliphatic heterocycles. The van der Waals surface area contributed by atoms with E-state index < -0.39 is 11.6 Å². The predicted molar refractivity (Wildman–Crippen MR) is 116 cm³/mol. The molecule has 0 saturated heterocycles. The Labute approximate surface area is 185 Å². The molecule has 1 atom stereocenters. The lowest BCUT2D eigenvalue weighted by atomic mass is 10.1. The first-order chi connectivity index (χ1) is 15.5. The molecule has 10 heteroatoms. The van der Waals surface area contributed by atoms with E-state index in [0.717, 1.165) is 19.3 Å². The SMILES string of the molecule is CCCCOc1c(F)cc(Cc2cnc3c(N)nc(OC(CCC)CCO)nn23)cc1F. The summed E-state index contributed by atoms with van der Waals surface area (Å²) in [5.74, 6) is -1.75. The van der Waals surface area contributed by atoms with Gasteiger partial charge in [-0.1, -0.05) is 26.7 Å². The van der Waals surface area contributed by atoms with Gasteiger partial charge in [0.15, 0.2) is 28.8 Å². The van der Waals surface area contributed by atoms with Gasteiger partial charge in [-0.2, -0.15) is 4.98 Å². The average Bonchev–Trinajstić information content (AvgIpc) is 3.13. The number of aliphatic hydroxyl groups is 1. The maximum Gasteiger partial charge on any atom is 0.336 e. The Hall–Kier alpha value is -3.01. The van der Waals surface area contributed by atoms with Crippen molar-refractivity contribution in [2.24, 2.45) is 0 Å². The zero-order valence-corrected chi connectivity index (χ0v) is 18.4. The number of fused-ring (bicyclic) bond motifs is 1. The molecule has 3 N–H and O–H groups in total. The molecule has 3 aromatic rings. The van der Waals surface area contributed by atoms with Crippen molar-refractivity contribution in [3.05, 3.63) is 41.2 Å². The molecule has 0 fully saturated rings. The van der Waals surface area contributed by atoms with Gasteiger partial charge in [-0.3, -0.25) is 0 Å². The molecule has 3 rings (SSSR count). The van der Waals surface area contributed by atoms with E-state index in [1.54, 1.807) is 0 Å². The number of hydrogen-bond acceptors (Lipinski definition) is 7. The number of benzene rings is 1. The second-order valence-corrected chi connectivity index (χ2v) is 7.57. The van der Waals surface area contributed by atoms with E-state index in [0.29, 0.717) is 29.7 Å². The minimum Gasteiger partial charge on any atom is -0.488 e. The van der Waals surface area contributed by atoms with Crippen LogP contribution < -0.4 is 15.2 Å². The van der Waals surface area contributed by atoms with Gasteiger partial charge in [0.25, 0.3) is 0 Å². The smallest absolute Gasteiger partial charge is 0.336 e. The highest BCUT2D eigenvalue weighted by atomic mass is 19.1. The summed E-state index contributed by atoms with van der Waals surface area (Å²) in [6, 6.07) is 2.53. The molecule has 0 amide bonds. The minimum atomic E-state index is -0.755. The number of anilines is 1. The van der Waals surface area contributed by atoms with Crippen LogP contribution in [0.5, 0.6) is 11.8 Å². The van der Waals surface area contributed by atoms with Crippen LogP contribution in [0.4, 0.5) is 14.6 Å². The molecule has 0 aliphatic rings. The number of unbranched alkanes of at least 4 members (excludes halogenated alkanes) is 1. The second-order valence-electron chi connectivity index (χ2n) is 7.57. The first-order valence-corrected chi connectivity index (χ1v) is 10.8. The van der Waals surface area contributed by atoms with Crippen LogP contribution in [0.2, 0.25) is 0 Å². The molecule has 1 unspecified atom stereocenters. The molecule has 0 radical (unpaired) electrons. The van der Waals surface area contributed by atoms with E-state index in [9.17, 15) is 13.9 Å². The molecule has 32 heavy (non-hydrogen) atoms. The Bertz CT molecular complexity index is 1010. The van der Waals surface area contributed by atoms with Crippen LogP contribution in [0.3, 0.4) is 0 Å². The standard InChI is InChI=1S/C22H29F2N5O3/c1-3-5-9-31-19-17(23)11-14(12-18(19)24)10-15-13-26-21-20(25)27-22(28-29(15)21)32-16(6-4-2)7-8-30/h11-13,16,30H,3-10H2,1-2H3,(H2,25,27,28). The highest BCUT2D eigenvalue weighted by Crippen LogP contribution is 2.26. The lowest BCUT2D eigenvalue weighted by Gasteiger charge is -2.16. The van der Waals surface area contributed by atoms with Gasteiger partial charge in [0.05, 0.1) is 18.5 Å². The summed E-state index contributed by atoms with van der Waals surface area (Å²) >= 11 is 0. The van der Waals surface area contributed by atoms with Crippen molar-refractivity contribution in [1.29, 1.82) is 0 Å². The Morgan fingerprint density at radius 3 is 2.56 bits per heavy atom. The van der Waals surface area contributed by atoms with Gasteiger partial charge in [-0.25, -0.2) is 18.3 Å². The number of nitrogens with two attached hydrogens (primary N) is 1. The van der Waals surface area contributed by atoms with E-state index in [1.807, 2.05) is 13.8 Å². The predicted octanol–water partition coefficient (Wildman–Crippen LogP) is 3.68. The Morgan fingerprint density at radius 2 is 1.91 bits per heavy atom. The third kappa shape index (κ3) is 5.61. The first-order valence-electron chi connectivity index (χ1n) is 10.8. The molecule has 2 heterocycles. The van der Waals surface area contributed by atoms with Gasteiger partial charge in [-0.05, 0) is 30.5 Å². The maximum absolute atomic E-state index is 14.4. The minimum absolute atomic E-state index is 0.0198. The summed E-state index contributed by atoms with van der Waals surface area (Å²) < 4.78 is 41.4. The van der Waals surface area contributed by atoms with Crippen LogP contribution >= 0.6 is 0 Å². The van der Waals surface area contributed by atoms with Crippen LogP contribution in [0.15, 0.2) is 18.3 Å². The second kappa shape index (κ2) is 11.0. The number of hydrogen-bond donors (Lipinski definition) is 2. The summed E-state index contributed by atoms with van der Waals surface area (Å²) in [5.41, 5.74) is 7.29. The first kappa shape index (κ1) is 23.6. The Morgan fingerprint density at radius 1 is 1.16 bits per heavy atom.